The van der Waals surface area contributed by atoms with Gasteiger partial charge in [-0.3, -0.25) is 0 Å². The van der Waals surface area contributed by atoms with Gasteiger partial charge in [-0.15, -0.1) is 0 Å². The first kappa shape index (κ1) is 16.9. The van der Waals surface area contributed by atoms with Crippen LogP contribution in [0.25, 0.3) is 0 Å². The minimum absolute atomic E-state index is 0.228. The van der Waals surface area contributed by atoms with Crippen LogP contribution in [0.15, 0.2) is 48.7 Å². The van der Waals surface area contributed by atoms with Gasteiger partial charge in [0.05, 0.1) is 0 Å². The number of hydrogen-bond donors (Lipinski definition) is 2. The number of aryl methyl sites for hydroxylation is 3. The van der Waals surface area contributed by atoms with E-state index in [1.165, 1.54) is 11.6 Å². The maximum absolute atomic E-state index is 13.7. The normalized spacial score (nSPS) is 10.6. The quantitative estimate of drug-likeness (QED) is 0.696. The van der Waals surface area contributed by atoms with Crippen molar-refractivity contribution >= 4 is 17.5 Å². The molecule has 0 aliphatic rings. The molecule has 0 saturated carbocycles. The van der Waals surface area contributed by atoms with Crippen LogP contribution in [0.3, 0.4) is 0 Å². The Hall–Kier alpha value is -2.95. The van der Waals surface area contributed by atoms with Gasteiger partial charge in [0.25, 0.3) is 0 Å². The van der Waals surface area contributed by atoms with Crippen molar-refractivity contribution in [1.82, 2.24) is 9.97 Å². The Morgan fingerprint density at radius 2 is 1.72 bits per heavy atom. The summed E-state index contributed by atoms with van der Waals surface area (Å²) in [5.41, 5.74) is 5.12. The second kappa shape index (κ2) is 7.30. The lowest BCUT2D eigenvalue weighted by Gasteiger charge is -2.13. The molecular formula is C20H21FN4. The van der Waals surface area contributed by atoms with Crippen LogP contribution in [-0.4, -0.2) is 9.97 Å². The molecule has 0 amide bonds. The van der Waals surface area contributed by atoms with E-state index in [0.29, 0.717) is 23.9 Å². The van der Waals surface area contributed by atoms with E-state index in [1.54, 1.807) is 24.4 Å². The summed E-state index contributed by atoms with van der Waals surface area (Å²) < 4.78 is 13.7. The number of nitrogens with zero attached hydrogens (tertiary/aromatic N) is 2. The van der Waals surface area contributed by atoms with Gasteiger partial charge in [0, 0.05) is 24.0 Å². The SMILES string of the molecule is Cc1cc(C)c(Nc2nccc(NCc3ccccc3F)n2)c(C)c1. The van der Waals surface area contributed by atoms with Crippen molar-refractivity contribution in [3.8, 4) is 0 Å². The number of aromatic nitrogens is 2. The van der Waals surface area contributed by atoms with Gasteiger partial charge in [-0.1, -0.05) is 35.9 Å². The number of rotatable bonds is 5. The van der Waals surface area contributed by atoms with E-state index in [0.717, 1.165) is 16.8 Å². The van der Waals surface area contributed by atoms with E-state index < -0.39 is 0 Å². The smallest absolute Gasteiger partial charge is 0.229 e. The molecule has 3 aromatic rings. The van der Waals surface area contributed by atoms with Crippen molar-refractivity contribution in [2.75, 3.05) is 10.6 Å². The molecule has 2 aromatic carbocycles. The lowest BCUT2D eigenvalue weighted by atomic mass is 10.1. The van der Waals surface area contributed by atoms with E-state index in [-0.39, 0.29) is 5.82 Å². The molecule has 0 radical (unpaired) electrons. The van der Waals surface area contributed by atoms with Crippen LogP contribution in [0.2, 0.25) is 0 Å². The molecular weight excluding hydrogens is 315 g/mol. The van der Waals surface area contributed by atoms with Crippen molar-refractivity contribution in [2.24, 2.45) is 0 Å². The summed E-state index contributed by atoms with van der Waals surface area (Å²) in [5.74, 6) is 0.921. The minimum atomic E-state index is -0.228. The van der Waals surface area contributed by atoms with Crippen molar-refractivity contribution in [3.05, 3.63) is 76.7 Å². The Morgan fingerprint density at radius 3 is 2.44 bits per heavy atom. The second-order valence-electron chi connectivity index (χ2n) is 6.11. The number of halogens is 1. The number of hydrogen-bond acceptors (Lipinski definition) is 4. The molecule has 0 fully saturated rings. The Labute approximate surface area is 147 Å². The highest BCUT2D eigenvalue weighted by molar-refractivity contribution is 5.64. The largest absolute Gasteiger partial charge is 0.366 e. The lowest BCUT2D eigenvalue weighted by Crippen LogP contribution is -2.06. The Kier molecular flexibility index (Phi) is 4.93. The van der Waals surface area contributed by atoms with Gasteiger partial charge in [0.1, 0.15) is 11.6 Å². The standard InChI is InChI=1S/C20H21FN4/c1-13-10-14(2)19(15(3)11-13)25-20-22-9-8-18(24-20)23-12-16-6-4-5-7-17(16)21/h4-11H,12H2,1-3H3,(H2,22,23,24,25). The topological polar surface area (TPSA) is 49.8 Å². The van der Waals surface area contributed by atoms with Crippen molar-refractivity contribution in [3.63, 3.8) is 0 Å². The Morgan fingerprint density at radius 1 is 1.00 bits per heavy atom. The maximum Gasteiger partial charge on any atom is 0.229 e. The average molecular weight is 336 g/mol. The van der Waals surface area contributed by atoms with E-state index in [9.17, 15) is 4.39 Å². The summed E-state index contributed by atoms with van der Waals surface area (Å²) in [6.07, 6.45) is 1.68. The maximum atomic E-state index is 13.7. The van der Waals surface area contributed by atoms with Crippen LogP contribution in [-0.2, 0) is 6.54 Å². The summed E-state index contributed by atoms with van der Waals surface area (Å²) in [5, 5.41) is 6.42. The van der Waals surface area contributed by atoms with Gasteiger partial charge in [-0.25, -0.2) is 9.37 Å². The molecule has 1 heterocycles. The third-order valence-corrected chi connectivity index (χ3v) is 3.99. The van der Waals surface area contributed by atoms with Crippen LogP contribution >= 0.6 is 0 Å². The first-order valence-corrected chi connectivity index (χ1v) is 8.18. The molecule has 25 heavy (non-hydrogen) atoms. The Balaban J connectivity index is 1.75. The summed E-state index contributed by atoms with van der Waals surface area (Å²) in [6.45, 7) is 6.56. The zero-order valence-corrected chi connectivity index (χ0v) is 14.6. The summed E-state index contributed by atoms with van der Waals surface area (Å²) in [6, 6.07) is 12.7. The third kappa shape index (κ3) is 4.12. The molecule has 0 aliphatic carbocycles. The molecule has 3 rings (SSSR count). The van der Waals surface area contributed by atoms with Crippen LogP contribution in [0.5, 0.6) is 0 Å². The molecule has 1 aromatic heterocycles. The zero-order chi connectivity index (χ0) is 17.8. The molecule has 2 N–H and O–H groups in total. The summed E-state index contributed by atoms with van der Waals surface area (Å²) in [7, 11) is 0. The first-order valence-electron chi connectivity index (χ1n) is 8.18. The molecule has 5 heteroatoms. The molecule has 0 bridgehead atoms. The predicted molar refractivity (Wildman–Crippen MR) is 99.7 cm³/mol. The fourth-order valence-corrected chi connectivity index (χ4v) is 2.83. The summed E-state index contributed by atoms with van der Waals surface area (Å²) in [4.78, 5) is 8.74. The zero-order valence-electron chi connectivity index (χ0n) is 14.6. The number of benzene rings is 2. The molecule has 0 saturated heterocycles. The molecule has 0 spiro atoms. The van der Waals surface area contributed by atoms with Gasteiger partial charge < -0.3 is 10.6 Å². The fraction of sp³-hybridized carbons (Fsp3) is 0.200. The lowest BCUT2D eigenvalue weighted by molar-refractivity contribution is 0.613. The third-order valence-electron chi connectivity index (χ3n) is 3.99. The molecule has 0 aliphatic heterocycles. The van der Waals surface area contributed by atoms with E-state index in [1.807, 2.05) is 6.07 Å². The van der Waals surface area contributed by atoms with Gasteiger partial charge in [0.15, 0.2) is 0 Å². The first-order chi connectivity index (χ1) is 12.0. The molecule has 0 unspecified atom stereocenters. The van der Waals surface area contributed by atoms with Crippen LogP contribution in [0.1, 0.15) is 22.3 Å². The van der Waals surface area contributed by atoms with E-state index in [2.05, 4.69) is 53.5 Å². The Bertz CT molecular complexity index is 869. The second-order valence-corrected chi connectivity index (χ2v) is 6.11. The predicted octanol–water partition coefficient (Wildman–Crippen LogP) is 4.90. The van der Waals surface area contributed by atoms with Crippen molar-refractivity contribution in [1.29, 1.82) is 0 Å². The minimum Gasteiger partial charge on any atom is -0.366 e. The van der Waals surface area contributed by atoms with Gasteiger partial charge in [-0.05, 0) is 44.0 Å². The highest BCUT2D eigenvalue weighted by Crippen LogP contribution is 2.24. The molecule has 128 valence electrons. The molecule has 0 atom stereocenters. The van der Waals surface area contributed by atoms with Gasteiger partial charge in [-0.2, -0.15) is 4.98 Å². The number of anilines is 3. The fourth-order valence-electron chi connectivity index (χ4n) is 2.83. The monoisotopic (exact) mass is 336 g/mol. The van der Waals surface area contributed by atoms with E-state index >= 15 is 0 Å². The number of nitrogens with one attached hydrogen (secondary N) is 2. The van der Waals surface area contributed by atoms with Crippen molar-refractivity contribution in [2.45, 2.75) is 27.3 Å². The highest BCUT2D eigenvalue weighted by atomic mass is 19.1. The highest BCUT2D eigenvalue weighted by Gasteiger charge is 2.07. The van der Waals surface area contributed by atoms with Crippen LogP contribution in [0.4, 0.5) is 21.8 Å². The van der Waals surface area contributed by atoms with Crippen LogP contribution < -0.4 is 10.6 Å². The molecule has 4 nitrogen and oxygen atoms in total. The van der Waals surface area contributed by atoms with E-state index in [4.69, 9.17) is 0 Å². The average Bonchev–Trinajstić information content (AvgIpc) is 2.58. The van der Waals surface area contributed by atoms with Gasteiger partial charge >= 0.3 is 0 Å². The van der Waals surface area contributed by atoms with Gasteiger partial charge in [0.2, 0.25) is 5.95 Å². The van der Waals surface area contributed by atoms with Crippen LogP contribution in [0, 0.1) is 26.6 Å². The summed E-state index contributed by atoms with van der Waals surface area (Å²) >= 11 is 0. The van der Waals surface area contributed by atoms with Crippen molar-refractivity contribution < 1.29 is 4.39 Å².